The summed E-state index contributed by atoms with van der Waals surface area (Å²) in [5.41, 5.74) is -0.938. The molecule has 9 heteroatoms. The topological polar surface area (TPSA) is 95.5 Å². The first-order valence-corrected chi connectivity index (χ1v) is 8.14. The van der Waals surface area contributed by atoms with Crippen molar-refractivity contribution in [2.45, 2.75) is 50.6 Å². The molecule has 1 unspecified atom stereocenters. The lowest BCUT2D eigenvalue weighted by molar-refractivity contribution is -0.137. The predicted octanol–water partition coefficient (Wildman–Crippen LogP) is 2.01. The molecule has 1 fully saturated rings. The standard InChI is InChI=1S/C17H19F3N2O4/c18-11-8-13(20)12(19)7-10(11)9-21-14(23)1-4-17(6-3-16(25)26)5-2-15(24)22-17/h7-8H,1-6,9H2,(H,21,23)(H,22,24)(H,25,26). The smallest absolute Gasteiger partial charge is 0.303 e. The van der Waals surface area contributed by atoms with Crippen LogP contribution in [0.1, 0.15) is 44.1 Å². The fourth-order valence-corrected chi connectivity index (χ4v) is 2.95. The number of amides is 2. The summed E-state index contributed by atoms with van der Waals surface area (Å²) < 4.78 is 39.5. The van der Waals surface area contributed by atoms with Gasteiger partial charge >= 0.3 is 5.97 Å². The van der Waals surface area contributed by atoms with Crippen molar-refractivity contribution in [3.05, 3.63) is 35.1 Å². The van der Waals surface area contributed by atoms with E-state index in [4.69, 9.17) is 5.11 Å². The van der Waals surface area contributed by atoms with Gasteiger partial charge in [0, 0.05) is 43.0 Å². The van der Waals surface area contributed by atoms with Gasteiger partial charge in [-0.25, -0.2) is 13.2 Å². The Kier molecular flexibility index (Phi) is 6.23. The highest BCUT2D eigenvalue weighted by atomic mass is 19.2. The highest BCUT2D eigenvalue weighted by Gasteiger charge is 2.37. The molecule has 6 nitrogen and oxygen atoms in total. The van der Waals surface area contributed by atoms with Crippen LogP contribution in [0.5, 0.6) is 0 Å². The van der Waals surface area contributed by atoms with Crippen molar-refractivity contribution < 1.29 is 32.7 Å². The van der Waals surface area contributed by atoms with Gasteiger partial charge in [0.25, 0.3) is 0 Å². The van der Waals surface area contributed by atoms with E-state index in [-0.39, 0.29) is 50.1 Å². The van der Waals surface area contributed by atoms with E-state index in [9.17, 15) is 27.6 Å². The second-order valence-electron chi connectivity index (χ2n) is 6.36. The third kappa shape index (κ3) is 5.21. The summed E-state index contributed by atoms with van der Waals surface area (Å²) in [6.45, 7) is -0.309. The van der Waals surface area contributed by atoms with Gasteiger partial charge in [0.15, 0.2) is 11.6 Å². The molecule has 1 saturated heterocycles. The minimum Gasteiger partial charge on any atom is -0.481 e. The number of carbonyl (C=O) groups is 3. The maximum Gasteiger partial charge on any atom is 0.303 e. The summed E-state index contributed by atoms with van der Waals surface area (Å²) in [5, 5.41) is 14.0. The van der Waals surface area contributed by atoms with Crippen molar-refractivity contribution in [3.63, 3.8) is 0 Å². The van der Waals surface area contributed by atoms with Gasteiger partial charge in [-0.05, 0) is 25.3 Å². The van der Waals surface area contributed by atoms with E-state index < -0.39 is 34.9 Å². The van der Waals surface area contributed by atoms with E-state index in [0.717, 1.165) is 0 Å². The van der Waals surface area contributed by atoms with Crippen LogP contribution in [0.15, 0.2) is 12.1 Å². The van der Waals surface area contributed by atoms with Crippen LogP contribution in [-0.2, 0) is 20.9 Å². The third-order valence-corrected chi connectivity index (χ3v) is 4.45. The van der Waals surface area contributed by atoms with Gasteiger partial charge < -0.3 is 15.7 Å². The van der Waals surface area contributed by atoms with Crippen molar-refractivity contribution in [1.82, 2.24) is 10.6 Å². The molecule has 0 bridgehead atoms. The monoisotopic (exact) mass is 372 g/mol. The van der Waals surface area contributed by atoms with Crippen molar-refractivity contribution in [1.29, 1.82) is 0 Å². The van der Waals surface area contributed by atoms with E-state index in [1.54, 1.807) is 0 Å². The molecule has 1 aliphatic heterocycles. The number of carbonyl (C=O) groups excluding carboxylic acids is 2. The van der Waals surface area contributed by atoms with Crippen LogP contribution in [0.4, 0.5) is 13.2 Å². The first-order valence-electron chi connectivity index (χ1n) is 8.14. The number of benzene rings is 1. The average Bonchev–Trinajstić information content (AvgIpc) is 2.95. The molecule has 1 aliphatic rings. The van der Waals surface area contributed by atoms with Crippen LogP contribution in [0.25, 0.3) is 0 Å². The van der Waals surface area contributed by atoms with Crippen molar-refractivity contribution >= 4 is 17.8 Å². The predicted molar refractivity (Wildman–Crippen MR) is 84.4 cm³/mol. The zero-order chi connectivity index (χ0) is 19.3. The zero-order valence-electron chi connectivity index (χ0n) is 13.9. The Morgan fingerprint density at radius 2 is 1.77 bits per heavy atom. The van der Waals surface area contributed by atoms with Crippen LogP contribution < -0.4 is 10.6 Å². The molecule has 1 aromatic rings. The fraction of sp³-hybridized carbons (Fsp3) is 0.471. The number of carboxylic acids is 1. The highest BCUT2D eigenvalue weighted by molar-refractivity contribution is 5.80. The number of halogens is 3. The van der Waals surface area contributed by atoms with Crippen LogP contribution in [-0.4, -0.2) is 28.4 Å². The number of carboxylic acid groups (broad SMARTS) is 1. The highest BCUT2D eigenvalue weighted by Crippen LogP contribution is 2.30. The molecule has 26 heavy (non-hydrogen) atoms. The summed E-state index contributed by atoms with van der Waals surface area (Å²) in [4.78, 5) is 34.2. The molecule has 1 atom stereocenters. The van der Waals surface area contributed by atoms with Crippen molar-refractivity contribution in [3.8, 4) is 0 Å². The SMILES string of the molecule is O=C(O)CCC1(CCC(=O)NCc2cc(F)c(F)cc2F)CCC(=O)N1. The van der Waals surface area contributed by atoms with Gasteiger partial charge in [0.2, 0.25) is 11.8 Å². The van der Waals surface area contributed by atoms with Crippen LogP contribution in [0.2, 0.25) is 0 Å². The van der Waals surface area contributed by atoms with Crippen LogP contribution in [0.3, 0.4) is 0 Å². The van der Waals surface area contributed by atoms with Gasteiger partial charge in [-0.1, -0.05) is 0 Å². The molecule has 0 radical (unpaired) electrons. The second kappa shape index (κ2) is 8.20. The summed E-state index contributed by atoms with van der Waals surface area (Å²) in [7, 11) is 0. The molecule has 0 aromatic heterocycles. The molecule has 1 heterocycles. The van der Waals surface area contributed by atoms with E-state index >= 15 is 0 Å². The Morgan fingerprint density at radius 3 is 2.38 bits per heavy atom. The van der Waals surface area contributed by atoms with E-state index in [0.29, 0.717) is 18.6 Å². The van der Waals surface area contributed by atoms with Gasteiger partial charge in [-0.2, -0.15) is 0 Å². The third-order valence-electron chi connectivity index (χ3n) is 4.45. The zero-order valence-corrected chi connectivity index (χ0v) is 13.9. The largest absolute Gasteiger partial charge is 0.481 e. The molecule has 0 spiro atoms. The van der Waals surface area contributed by atoms with E-state index in [1.165, 1.54) is 0 Å². The molecule has 3 N–H and O–H groups in total. The first-order chi connectivity index (χ1) is 12.2. The van der Waals surface area contributed by atoms with Crippen LogP contribution in [0, 0.1) is 17.5 Å². The second-order valence-corrected chi connectivity index (χ2v) is 6.36. The van der Waals surface area contributed by atoms with Gasteiger partial charge in [0.1, 0.15) is 5.82 Å². The summed E-state index contributed by atoms with van der Waals surface area (Å²) >= 11 is 0. The van der Waals surface area contributed by atoms with Crippen molar-refractivity contribution in [2.24, 2.45) is 0 Å². The Hall–Kier alpha value is -2.58. The molecule has 2 rings (SSSR count). The quantitative estimate of drug-likeness (QED) is 0.609. The normalized spacial score (nSPS) is 19.3. The molecule has 1 aromatic carbocycles. The van der Waals surface area contributed by atoms with E-state index in [2.05, 4.69) is 10.6 Å². The van der Waals surface area contributed by atoms with Gasteiger partial charge in [-0.3, -0.25) is 14.4 Å². The molecule has 142 valence electrons. The van der Waals surface area contributed by atoms with Crippen molar-refractivity contribution in [2.75, 3.05) is 0 Å². The lowest BCUT2D eigenvalue weighted by Gasteiger charge is -2.28. The molecule has 0 saturated carbocycles. The lowest BCUT2D eigenvalue weighted by Crippen LogP contribution is -2.43. The first kappa shape index (κ1) is 19.7. The minimum absolute atomic E-state index is 0.0226. The minimum atomic E-state index is -1.31. The Bertz CT molecular complexity index is 726. The average molecular weight is 372 g/mol. The number of hydrogen-bond donors (Lipinski definition) is 3. The Balaban J connectivity index is 1.89. The summed E-state index contributed by atoms with van der Waals surface area (Å²) in [6, 6.07) is 1.09. The number of rotatable bonds is 8. The van der Waals surface area contributed by atoms with E-state index in [1.807, 2.05) is 0 Å². The molecule has 2 amide bonds. The Morgan fingerprint density at radius 1 is 1.12 bits per heavy atom. The lowest BCUT2D eigenvalue weighted by atomic mass is 9.86. The molecular formula is C17H19F3N2O4. The summed E-state index contributed by atoms with van der Waals surface area (Å²) in [5.74, 6) is -5.15. The summed E-state index contributed by atoms with van der Waals surface area (Å²) in [6.07, 6.45) is 0.982. The van der Waals surface area contributed by atoms with Gasteiger partial charge in [0.05, 0.1) is 0 Å². The maximum atomic E-state index is 13.5. The van der Waals surface area contributed by atoms with Crippen LogP contribution >= 0.6 is 0 Å². The number of nitrogens with one attached hydrogen (secondary N) is 2. The fourth-order valence-electron chi connectivity index (χ4n) is 2.95. The number of aliphatic carboxylic acids is 1. The molecule has 0 aliphatic carbocycles. The Labute approximate surface area is 147 Å². The van der Waals surface area contributed by atoms with Gasteiger partial charge in [-0.15, -0.1) is 0 Å². The maximum absolute atomic E-state index is 13.5. The molecular weight excluding hydrogens is 353 g/mol. The number of hydrogen-bond acceptors (Lipinski definition) is 3.